The van der Waals surface area contributed by atoms with E-state index in [9.17, 15) is 25.0 Å². The lowest BCUT2D eigenvalue weighted by molar-refractivity contribution is -0.385. The van der Waals surface area contributed by atoms with Crippen LogP contribution in [-0.2, 0) is 4.74 Å². The fraction of sp³-hybridized carbons (Fsp3) is 0.381. The van der Waals surface area contributed by atoms with Crippen molar-refractivity contribution in [2.24, 2.45) is 0 Å². The van der Waals surface area contributed by atoms with Crippen LogP contribution >= 0.6 is 0 Å². The first-order valence-corrected chi connectivity index (χ1v) is 10.1. The Hall–Kier alpha value is -3.93. The van der Waals surface area contributed by atoms with Gasteiger partial charge in [-0.2, -0.15) is 0 Å². The number of non-ortho nitro benzene ring substituents is 1. The van der Waals surface area contributed by atoms with Gasteiger partial charge in [-0.05, 0) is 12.1 Å². The molecule has 1 aliphatic heterocycles. The van der Waals surface area contributed by atoms with E-state index in [0.717, 1.165) is 5.69 Å². The van der Waals surface area contributed by atoms with Crippen LogP contribution in [0.25, 0.3) is 0 Å². The normalized spacial score (nSPS) is 13.5. The number of nitro benzene ring substituents is 2. The average molecular weight is 460 g/mol. The average Bonchev–Trinajstić information content (AvgIpc) is 2.83. The van der Waals surface area contributed by atoms with Crippen LogP contribution in [0.15, 0.2) is 36.4 Å². The van der Waals surface area contributed by atoms with Gasteiger partial charge in [-0.25, -0.2) is 0 Å². The maximum Gasteiger partial charge on any atom is 0.286 e. The molecule has 0 N–H and O–H groups in total. The van der Waals surface area contributed by atoms with Crippen molar-refractivity contribution in [3.05, 3.63) is 62.2 Å². The lowest BCUT2D eigenvalue weighted by Crippen LogP contribution is -2.48. The maximum absolute atomic E-state index is 13.1. The second kappa shape index (κ2) is 10.6. The van der Waals surface area contributed by atoms with E-state index in [2.05, 4.69) is 0 Å². The number of carbonyl (C=O) groups excluding carboxylic acids is 1. The fourth-order valence-corrected chi connectivity index (χ4v) is 3.50. The van der Waals surface area contributed by atoms with Crippen LogP contribution in [0.1, 0.15) is 10.4 Å². The second-order valence-electron chi connectivity index (χ2n) is 7.17. The minimum absolute atomic E-state index is 0.00321. The lowest BCUT2D eigenvalue weighted by atomic mass is 10.1. The van der Waals surface area contributed by atoms with E-state index in [0.29, 0.717) is 26.2 Å². The second-order valence-corrected chi connectivity index (χ2v) is 7.17. The Bertz CT molecular complexity index is 1020. The first-order valence-electron chi connectivity index (χ1n) is 10.1. The summed E-state index contributed by atoms with van der Waals surface area (Å²) in [6.45, 7) is 2.08. The van der Waals surface area contributed by atoms with E-state index in [4.69, 9.17) is 14.2 Å². The Balaban J connectivity index is 1.75. The van der Waals surface area contributed by atoms with Crippen molar-refractivity contribution in [3.63, 3.8) is 0 Å². The van der Waals surface area contributed by atoms with Gasteiger partial charge in [0.2, 0.25) is 0 Å². The largest absolute Gasteiger partial charge is 0.493 e. The Morgan fingerprint density at radius 1 is 0.939 bits per heavy atom. The van der Waals surface area contributed by atoms with E-state index in [1.807, 2.05) is 4.90 Å². The van der Waals surface area contributed by atoms with Crippen molar-refractivity contribution in [2.75, 3.05) is 58.5 Å². The van der Waals surface area contributed by atoms with Crippen LogP contribution in [0.3, 0.4) is 0 Å². The third-order valence-corrected chi connectivity index (χ3v) is 5.25. The monoisotopic (exact) mass is 460 g/mol. The third kappa shape index (κ3) is 5.47. The van der Waals surface area contributed by atoms with Gasteiger partial charge in [0.1, 0.15) is 12.2 Å². The van der Waals surface area contributed by atoms with Crippen molar-refractivity contribution in [2.45, 2.75) is 0 Å². The fourth-order valence-electron chi connectivity index (χ4n) is 3.50. The predicted octanol–water partition coefficient (Wildman–Crippen LogP) is 2.50. The van der Waals surface area contributed by atoms with Gasteiger partial charge in [0, 0.05) is 57.2 Å². The molecule has 2 aromatic rings. The number of amides is 1. The van der Waals surface area contributed by atoms with Gasteiger partial charge in [0.25, 0.3) is 17.3 Å². The van der Waals surface area contributed by atoms with Gasteiger partial charge in [-0.15, -0.1) is 0 Å². The number of benzene rings is 2. The van der Waals surface area contributed by atoms with Crippen LogP contribution in [-0.4, -0.2) is 74.3 Å². The molecule has 0 atom stereocenters. The number of piperazine rings is 1. The summed E-state index contributed by atoms with van der Waals surface area (Å²) in [5.74, 6) is -0.114. The van der Waals surface area contributed by atoms with Gasteiger partial charge < -0.3 is 24.0 Å². The highest BCUT2D eigenvalue weighted by atomic mass is 16.6. The summed E-state index contributed by atoms with van der Waals surface area (Å²) < 4.78 is 15.7. The number of rotatable bonds is 9. The number of methoxy groups -OCH3 is 2. The predicted molar refractivity (Wildman–Crippen MR) is 118 cm³/mol. The van der Waals surface area contributed by atoms with Crippen LogP contribution in [0, 0.1) is 20.2 Å². The Labute approximate surface area is 189 Å². The summed E-state index contributed by atoms with van der Waals surface area (Å²) in [6.07, 6.45) is 0. The van der Waals surface area contributed by atoms with Crippen molar-refractivity contribution in [3.8, 4) is 11.5 Å². The number of hydrogen-bond donors (Lipinski definition) is 0. The van der Waals surface area contributed by atoms with Crippen molar-refractivity contribution < 1.29 is 28.9 Å². The SMILES string of the molecule is COCCOc1cc([N+](=O)[O-])c(C(=O)N2CCN(c3ccc([N+](=O)[O-])cc3)CC2)cc1OC. The molecule has 0 unspecified atom stereocenters. The highest BCUT2D eigenvalue weighted by Crippen LogP contribution is 2.35. The van der Waals surface area contributed by atoms with Gasteiger partial charge in [-0.3, -0.25) is 25.0 Å². The van der Waals surface area contributed by atoms with Gasteiger partial charge in [0.15, 0.2) is 11.5 Å². The summed E-state index contributed by atoms with van der Waals surface area (Å²) in [5, 5.41) is 22.5. The molecule has 12 heteroatoms. The highest BCUT2D eigenvalue weighted by molar-refractivity contribution is 5.99. The molecule has 0 aliphatic carbocycles. The molecule has 1 fully saturated rings. The summed E-state index contributed by atoms with van der Waals surface area (Å²) in [7, 11) is 2.90. The van der Waals surface area contributed by atoms with Gasteiger partial charge in [0.05, 0.1) is 29.6 Å². The molecule has 176 valence electrons. The number of nitro groups is 2. The van der Waals surface area contributed by atoms with E-state index in [1.54, 1.807) is 12.1 Å². The molecule has 0 radical (unpaired) electrons. The number of hydrogen-bond acceptors (Lipinski definition) is 9. The first kappa shape index (κ1) is 23.7. The molecule has 0 aromatic heterocycles. The number of nitrogens with zero attached hydrogens (tertiary/aromatic N) is 4. The number of carbonyl (C=O) groups is 1. The molecule has 0 spiro atoms. The minimum Gasteiger partial charge on any atom is -0.493 e. The molecular weight excluding hydrogens is 436 g/mol. The summed E-state index contributed by atoms with van der Waals surface area (Å²) >= 11 is 0. The molecule has 1 heterocycles. The first-order chi connectivity index (χ1) is 15.8. The van der Waals surface area contributed by atoms with Crippen LogP contribution in [0.5, 0.6) is 11.5 Å². The molecule has 0 saturated carbocycles. The molecule has 2 aromatic carbocycles. The molecule has 1 aliphatic rings. The highest BCUT2D eigenvalue weighted by Gasteiger charge is 2.30. The Morgan fingerprint density at radius 3 is 2.15 bits per heavy atom. The van der Waals surface area contributed by atoms with E-state index < -0.39 is 15.8 Å². The van der Waals surface area contributed by atoms with Crippen LogP contribution in [0.4, 0.5) is 17.1 Å². The maximum atomic E-state index is 13.1. The zero-order valence-corrected chi connectivity index (χ0v) is 18.3. The van der Waals surface area contributed by atoms with Gasteiger partial charge in [-0.1, -0.05) is 0 Å². The van der Waals surface area contributed by atoms with Gasteiger partial charge >= 0.3 is 0 Å². The quantitative estimate of drug-likeness (QED) is 0.314. The summed E-state index contributed by atoms with van der Waals surface area (Å²) in [5.41, 5.74) is 0.354. The molecule has 1 amide bonds. The lowest BCUT2D eigenvalue weighted by Gasteiger charge is -2.36. The van der Waals surface area contributed by atoms with E-state index in [-0.39, 0.29) is 41.7 Å². The number of ether oxygens (including phenoxy) is 3. The molecule has 0 bridgehead atoms. The standard InChI is InChI=1S/C21H24N4O8/c1-31-11-12-33-20-14-18(25(29)30)17(13-19(20)32-2)21(26)23-9-7-22(8-10-23)15-3-5-16(6-4-15)24(27)28/h3-6,13-14H,7-12H2,1-2H3. The van der Waals surface area contributed by atoms with Crippen molar-refractivity contribution in [1.29, 1.82) is 0 Å². The van der Waals surface area contributed by atoms with Crippen molar-refractivity contribution in [1.82, 2.24) is 4.90 Å². The molecule has 12 nitrogen and oxygen atoms in total. The molecule has 3 rings (SSSR count). The number of anilines is 1. The zero-order chi connectivity index (χ0) is 24.0. The Morgan fingerprint density at radius 2 is 1.61 bits per heavy atom. The van der Waals surface area contributed by atoms with E-state index >= 15 is 0 Å². The van der Waals surface area contributed by atoms with Crippen LogP contribution in [0.2, 0.25) is 0 Å². The third-order valence-electron chi connectivity index (χ3n) is 5.25. The molecule has 33 heavy (non-hydrogen) atoms. The van der Waals surface area contributed by atoms with Crippen molar-refractivity contribution >= 4 is 23.0 Å². The molecular formula is C21H24N4O8. The van der Waals surface area contributed by atoms with Crippen LogP contribution < -0.4 is 14.4 Å². The molecule has 1 saturated heterocycles. The van der Waals surface area contributed by atoms with E-state index in [1.165, 1.54) is 43.4 Å². The minimum atomic E-state index is -0.622. The summed E-state index contributed by atoms with van der Waals surface area (Å²) in [4.78, 5) is 38.1. The Kier molecular flexibility index (Phi) is 7.61. The smallest absolute Gasteiger partial charge is 0.286 e. The zero-order valence-electron chi connectivity index (χ0n) is 18.3. The summed E-state index contributed by atoms with van der Waals surface area (Å²) in [6, 6.07) is 8.69. The topological polar surface area (TPSA) is 138 Å².